The van der Waals surface area contributed by atoms with Gasteiger partial charge in [0.25, 0.3) is 0 Å². The lowest BCUT2D eigenvalue weighted by molar-refractivity contribution is -0.130. The van der Waals surface area contributed by atoms with Crippen molar-refractivity contribution in [2.75, 3.05) is 26.2 Å². The molecule has 4 nitrogen and oxygen atoms in total. The second-order valence-electron chi connectivity index (χ2n) is 7.04. The summed E-state index contributed by atoms with van der Waals surface area (Å²) in [5, 5.41) is 0. The van der Waals surface area contributed by atoms with Gasteiger partial charge in [0.05, 0.1) is 0 Å². The average Bonchev–Trinajstić information content (AvgIpc) is 3.35. The van der Waals surface area contributed by atoms with Crippen LogP contribution in [0.5, 0.6) is 0 Å². The van der Waals surface area contributed by atoms with Crippen molar-refractivity contribution in [1.82, 2.24) is 9.80 Å². The van der Waals surface area contributed by atoms with E-state index in [1.54, 1.807) is 0 Å². The first-order valence-electron chi connectivity index (χ1n) is 9.76. The quantitative estimate of drug-likeness (QED) is 0.581. The van der Waals surface area contributed by atoms with Gasteiger partial charge in [-0.15, -0.1) is 0 Å². The fourth-order valence-corrected chi connectivity index (χ4v) is 3.53. The zero-order valence-corrected chi connectivity index (χ0v) is 15.5. The Labute approximate surface area is 152 Å². The van der Waals surface area contributed by atoms with Gasteiger partial charge in [0.15, 0.2) is 0 Å². The van der Waals surface area contributed by atoms with E-state index >= 15 is 0 Å². The van der Waals surface area contributed by atoms with E-state index in [0.717, 1.165) is 51.9 Å². The molecule has 4 heteroatoms. The van der Waals surface area contributed by atoms with Gasteiger partial charge in [0.2, 0.25) is 12.3 Å². The van der Waals surface area contributed by atoms with Gasteiger partial charge in [-0.05, 0) is 31.2 Å². The van der Waals surface area contributed by atoms with Crippen LogP contribution in [0.2, 0.25) is 0 Å². The number of unbranched alkanes of at least 4 members (excludes halogenated alkanes) is 2. The first kappa shape index (κ1) is 19.5. The molecule has 0 aliphatic carbocycles. The predicted molar refractivity (Wildman–Crippen MR) is 101 cm³/mol. The molecule has 138 valence electrons. The van der Waals surface area contributed by atoms with Gasteiger partial charge >= 0.3 is 0 Å². The highest BCUT2D eigenvalue weighted by molar-refractivity contribution is 5.76. The molecule has 1 atom stereocenters. The molecule has 2 aliphatic rings. The zero-order valence-electron chi connectivity index (χ0n) is 15.5. The van der Waals surface area contributed by atoms with Crippen molar-refractivity contribution in [3.8, 4) is 0 Å². The van der Waals surface area contributed by atoms with Crippen LogP contribution in [0.25, 0.3) is 0 Å². The molecule has 2 saturated heterocycles. The minimum Gasteiger partial charge on any atom is -0.345 e. The van der Waals surface area contributed by atoms with Crippen molar-refractivity contribution in [2.45, 2.75) is 57.8 Å². The monoisotopic (exact) mass is 344 g/mol. The van der Waals surface area contributed by atoms with Crippen molar-refractivity contribution >= 4 is 12.3 Å². The third-order valence-corrected chi connectivity index (χ3v) is 5.09. The van der Waals surface area contributed by atoms with E-state index in [1.165, 1.54) is 31.2 Å². The van der Waals surface area contributed by atoms with E-state index in [9.17, 15) is 9.59 Å². The highest BCUT2D eigenvalue weighted by atomic mass is 16.2. The van der Waals surface area contributed by atoms with Gasteiger partial charge in [0.1, 0.15) is 0 Å². The van der Waals surface area contributed by atoms with E-state index in [1.807, 2.05) is 15.9 Å². The van der Waals surface area contributed by atoms with Gasteiger partial charge in [-0.2, -0.15) is 0 Å². The van der Waals surface area contributed by atoms with Crippen LogP contribution in [-0.4, -0.2) is 48.3 Å². The molecule has 0 aromatic heterocycles. The van der Waals surface area contributed by atoms with Crippen LogP contribution in [0, 0.1) is 0 Å². The van der Waals surface area contributed by atoms with Crippen LogP contribution in [0.1, 0.15) is 63.4 Å². The number of likely N-dealkylation sites (tertiary alicyclic amines) is 2. The minimum atomic E-state index is 0.376. The normalized spacial score (nSPS) is 19.5. The molecule has 0 N–H and O–H groups in total. The number of hydrogen-bond donors (Lipinski definition) is 0. The summed E-state index contributed by atoms with van der Waals surface area (Å²) in [5.41, 5.74) is 1.35. The largest absolute Gasteiger partial charge is 0.345 e. The molecule has 2 amide bonds. The van der Waals surface area contributed by atoms with E-state index in [0.29, 0.717) is 11.8 Å². The summed E-state index contributed by atoms with van der Waals surface area (Å²) in [5.74, 6) is 0.923. The highest BCUT2D eigenvalue weighted by Crippen LogP contribution is 2.25. The lowest BCUT2D eigenvalue weighted by atomic mass is 9.99. The molecule has 0 saturated carbocycles. The Morgan fingerprint density at radius 2 is 1.84 bits per heavy atom. The molecule has 2 heterocycles. The van der Waals surface area contributed by atoms with Crippen molar-refractivity contribution < 1.29 is 9.59 Å². The molecule has 1 aromatic rings. The van der Waals surface area contributed by atoms with E-state index < -0.39 is 0 Å². The molecule has 0 bridgehead atoms. The van der Waals surface area contributed by atoms with Crippen LogP contribution < -0.4 is 0 Å². The Balaban J connectivity index is 0.000000181. The first-order valence-corrected chi connectivity index (χ1v) is 9.76. The number of hydrogen-bond acceptors (Lipinski definition) is 2. The van der Waals surface area contributed by atoms with E-state index in [-0.39, 0.29) is 0 Å². The summed E-state index contributed by atoms with van der Waals surface area (Å²) < 4.78 is 0. The first-order chi connectivity index (χ1) is 12.2. The molecule has 3 rings (SSSR count). The Kier molecular flexibility index (Phi) is 8.50. The topological polar surface area (TPSA) is 40.6 Å². The molecule has 1 aromatic carbocycles. The number of rotatable bonds is 6. The van der Waals surface area contributed by atoms with Crippen LogP contribution in [0.3, 0.4) is 0 Å². The zero-order chi connectivity index (χ0) is 17.9. The van der Waals surface area contributed by atoms with E-state index in [4.69, 9.17) is 0 Å². The minimum absolute atomic E-state index is 0.376. The van der Waals surface area contributed by atoms with Gasteiger partial charge < -0.3 is 9.80 Å². The lowest BCUT2D eigenvalue weighted by Crippen LogP contribution is -2.27. The second kappa shape index (κ2) is 10.9. The molecular formula is C21H32N2O2. The third-order valence-electron chi connectivity index (χ3n) is 5.09. The fraction of sp³-hybridized carbons (Fsp3) is 0.619. The Morgan fingerprint density at radius 3 is 2.44 bits per heavy atom. The Bertz CT molecular complexity index is 512. The van der Waals surface area contributed by atoms with Gasteiger partial charge in [-0.25, -0.2) is 0 Å². The molecule has 1 unspecified atom stereocenters. The van der Waals surface area contributed by atoms with Crippen molar-refractivity contribution in [2.24, 2.45) is 0 Å². The van der Waals surface area contributed by atoms with E-state index in [2.05, 4.69) is 31.2 Å². The van der Waals surface area contributed by atoms with Gasteiger partial charge in [-0.3, -0.25) is 9.59 Å². The summed E-state index contributed by atoms with van der Waals surface area (Å²) in [4.78, 5) is 25.8. The summed E-state index contributed by atoms with van der Waals surface area (Å²) in [6.07, 6.45) is 8.71. The Hall–Kier alpha value is -1.84. The van der Waals surface area contributed by atoms with Gasteiger partial charge in [0, 0.05) is 38.5 Å². The van der Waals surface area contributed by atoms with Crippen LogP contribution in [0.4, 0.5) is 0 Å². The maximum atomic E-state index is 11.4. The van der Waals surface area contributed by atoms with Crippen molar-refractivity contribution in [3.05, 3.63) is 35.9 Å². The summed E-state index contributed by atoms with van der Waals surface area (Å²) in [7, 11) is 0. The van der Waals surface area contributed by atoms with Gasteiger partial charge in [-0.1, -0.05) is 50.1 Å². The number of carbonyl (C=O) groups excluding carboxylic acids is 2. The molecule has 25 heavy (non-hydrogen) atoms. The lowest BCUT2D eigenvalue weighted by Gasteiger charge is -2.14. The molecular weight excluding hydrogens is 312 g/mol. The standard InChI is InChI=1S/C11H13NO.C10H19NO/c13-9-12-7-6-11(8-12)10-4-2-1-3-5-10;1-2-3-4-7-10(12)11-8-5-6-9-11/h1-5,9,11H,6-8H2;2-9H2,1H3. The van der Waals surface area contributed by atoms with Crippen LogP contribution >= 0.6 is 0 Å². The average molecular weight is 344 g/mol. The smallest absolute Gasteiger partial charge is 0.222 e. The second-order valence-corrected chi connectivity index (χ2v) is 7.04. The summed E-state index contributed by atoms with van der Waals surface area (Å²) in [6, 6.07) is 10.4. The summed E-state index contributed by atoms with van der Waals surface area (Å²) >= 11 is 0. The maximum Gasteiger partial charge on any atom is 0.222 e. The number of nitrogens with zero attached hydrogens (tertiary/aromatic N) is 2. The number of amides is 2. The molecule has 0 spiro atoms. The Morgan fingerprint density at radius 1 is 1.12 bits per heavy atom. The maximum absolute atomic E-state index is 11.4. The SMILES string of the molecule is CCCCCC(=O)N1CCCC1.O=CN1CCC(c2ccccc2)C1. The van der Waals surface area contributed by atoms with Crippen LogP contribution in [-0.2, 0) is 9.59 Å². The third kappa shape index (κ3) is 6.52. The predicted octanol–water partition coefficient (Wildman–Crippen LogP) is 3.82. The number of benzene rings is 1. The molecule has 0 radical (unpaired) electrons. The molecule has 2 aliphatic heterocycles. The van der Waals surface area contributed by atoms with Crippen molar-refractivity contribution in [1.29, 1.82) is 0 Å². The van der Waals surface area contributed by atoms with Crippen LogP contribution in [0.15, 0.2) is 30.3 Å². The number of carbonyl (C=O) groups is 2. The fourth-order valence-electron chi connectivity index (χ4n) is 3.53. The highest BCUT2D eigenvalue weighted by Gasteiger charge is 2.22. The van der Waals surface area contributed by atoms with Crippen molar-refractivity contribution in [3.63, 3.8) is 0 Å². The molecule has 2 fully saturated rings. The summed E-state index contributed by atoms with van der Waals surface area (Å²) in [6.45, 7) is 5.97.